The molecule has 1 heterocycles. The van der Waals surface area contributed by atoms with E-state index in [1.807, 2.05) is 30.0 Å². The Morgan fingerprint density at radius 3 is 2.58 bits per heavy atom. The van der Waals surface area contributed by atoms with Crippen molar-refractivity contribution in [3.63, 3.8) is 0 Å². The molecule has 0 aromatic heterocycles. The lowest BCUT2D eigenvalue weighted by Gasteiger charge is -2.43. The standard InChI is InChI=1S/C26H31F3N2O2/c1-18(23(13-19-6-4-7-19)22-9-5-8-20(12-22)15-30)31-16-21(14-26(27,28)29)10-11-24(31)33-25(2,3)17-32/h5,8-12,17-19,23H,4,6-7,13-14,16H2,1-3H3. The largest absolute Gasteiger partial charge is 0.465 e. The molecule has 2 atom stereocenters. The van der Waals surface area contributed by atoms with Crippen LogP contribution in [0.3, 0.4) is 0 Å². The first-order valence-corrected chi connectivity index (χ1v) is 11.4. The highest BCUT2D eigenvalue weighted by atomic mass is 19.4. The predicted octanol–water partition coefficient (Wildman–Crippen LogP) is 6.25. The van der Waals surface area contributed by atoms with Gasteiger partial charge in [-0.15, -0.1) is 0 Å². The number of hydrogen-bond acceptors (Lipinski definition) is 4. The lowest BCUT2D eigenvalue weighted by Crippen LogP contribution is -2.43. The normalized spacial score (nSPS) is 19.0. The topological polar surface area (TPSA) is 53.3 Å². The Kier molecular flexibility index (Phi) is 7.56. The summed E-state index contributed by atoms with van der Waals surface area (Å²) < 4.78 is 45.4. The number of nitrogens with zero attached hydrogens (tertiary/aromatic N) is 2. The van der Waals surface area contributed by atoms with Gasteiger partial charge in [-0.25, -0.2) is 0 Å². The van der Waals surface area contributed by atoms with Gasteiger partial charge in [0, 0.05) is 18.5 Å². The third-order valence-electron chi connectivity index (χ3n) is 6.53. The van der Waals surface area contributed by atoms with Crippen LogP contribution in [0, 0.1) is 17.2 Å². The summed E-state index contributed by atoms with van der Waals surface area (Å²) in [6.45, 7) is 5.31. The van der Waals surface area contributed by atoms with E-state index in [1.165, 1.54) is 12.5 Å². The van der Waals surface area contributed by atoms with Gasteiger partial charge in [0.05, 0.1) is 18.1 Å². The van der Waals surface area contributed by atoms with E-state index in [9.17, 15) is 23.2 Å². The van der Waals surface area contributed by atoms with Gasteiger partial charge in [0.15, 0.2) is 17.8 Å². The summed E-state index contributed by atoms with van der Waals surface area (Å²) in [5, 5.41) is 9.37. The molecule has 178 valence electrons. The highest BCUT2D eigenvalue weighted by Gasteiger charge is 2.36. The molecular formula is C26H31F3N2O2. The van der Waals surface area contributed by atoms with Gasteiger partial charge in [-0.05, 0) is 62.5 Å². The first-order valence-electron chi connectivity index (χ1n) is 11.4. The van der Waals surface area contributed by atoms with Gasteiger partial charge < -0.3 is 9.64 Å². The monoisotopic (exact) mass is 460 g/mol. The molecule has 4 nitrogen and oxygen atoms in total. The van der Waals surface area contributed by atoms with E-state index in [1.54, 1.807) is 26.0 Å². The van der Waals surface area contributed by atoms with Crippen LogP contribution >= 0.6 is 0 Å². The third kappa shape index (κ3) is 6.63. The lowest BCUT2D eigenvalue weighted by atomic mass is 9.74. The van der Waals surface area contributed by atoms with Gasteiger partial charge in [-0.2, -0.15) is 18.4 Å². The minimum absolute atomic E-state index is 0.000167. The van der Waals surface area contributed by atoms with Crippen molar-refractivity contribution in [1.29, 1.82) is 5.26 Å². The molecule has 2 unspecified atom stereocenters. The van der Waals surface area contributed by atoms with Crippen LogP contribution in [-0.2, 0) is 9.53 Å². The fourth-order valence-corrected chi connectivity index (χ4v) is 4.49. The molecule has 2 aliphatic rings. The van der Waals surface area contributed by atoms with E-state index < -0.39 is 18.2 Å². The number of allylic oxidation sites excluding steroid dienone is 2. The molecule has 0 saturated heterocycles. The molecule has 1 aromatic carbocycles. The number of carbonyl (C=O) groups excluding carboxylic acids is 1. The maximum atomic E-state index is 13.1. The van der Waals surface area contributed by atoms with Crippen molar-refractivity contribution in [2.45, 2.75) is 76.6 Å². The molecule has 3 rings (SSSR count). The molecule has 1 aliphatic carbocycles. The van der Waals surface area contributed by atoms with Gasteiger partial charge in [0.1, 0.15) is 0 Å². The highest BCUT2D eigenvalue weighted by molar-refractivity contribution is 5.61. The van der Waals surface area contributed by atoms with Crippen molar-refractivity contribution in [3.8, 4) is 6.07 Å². The molecule has 0 radical (unpaired) electrons. The van der Waals surface area contributed by atoms with Crippen molar-refractivity contribution < 1.29 is 22.7 Å². The second-order valence-corrected chi connectivity index (χ2v) is 9.69. The van der Waals surface area contributed by atoms with Gasteiger partial charge in [0.2, 0.25) is 0 Å². The summed E-state index contributed by atoms with van der Waals surface area (Å²) >= 11 is 0. The Balaban J connectivity index is 1.95. The second kappa shape index (κ2) is 10.0. The molecule has 1 aliphatic heterocycles. The van der Waals surface area contributed by atoms with Crippen LogP contribution in [0.25, 0.3) is 0 Å². The van der Waals surface area contributed by atoms with Crippen molar-refractivity contribution in [2.24, 2.45) is 5.92 Å². The summed E-state index contributed by atoms with van der Waals surface area (Å²) in [4.78, 5) is 13.3. The molecule has 1 aromatic rings. The number of rotatable bonds is 9. The van der Waals surface area contributed by atoms with Crippen LogP contribution in [0.5, 0.6) is 0 Å². The molecule has 0 bridgehead atoms. The summed E-state index contributed by atoms with van der Waals surface area (Å²) in [6, 6.07) is 9.43. The quantitative estimate of drug-likeness (QED) is 0.409. The van der Waals surface area contributed by atoms with E-state index in [0.717, 1.165) is 24.8 Å². The average Bonchev–Trinajstić information content (AvgIpc) is 2.72. The van der Waals surface area contributed by atoms with Crippen molar-refractivity contribution in [1.82, 2.24) is 4.90 Å². The summed E-state index contributed by atoms with van der Waals surface area (Å²) in [5.41, 5.74) is 0.695. The number of hydrogen-bond donors (Lipinski definition) is 0. The molecular weight excluding hydrogens is 429 g/mol. The SMILES string of the molecule is CC(C(CC1CCC1)c1cccc(C#N)c1)N1CC(CC(F)(F)F)=CC=C1OC(C)(C)C=O. The first-order chi connectivity index (χ1) is 15.5. The number of alkyl halides is 3. The number of ether oxygens (including phenoxy) is 1. The fourth-order valence-electron chi connectivity index (χ4n) is 4.49. The number of carbonyl (C=O) groups is 1. The third-order valence-corrected chi connectivity index (χ3v) is 6.53. The number of aldehydes is 1. The van der Waals surface area contributed by atoms with Gasteiger partial charge in [-0.1, -0.05) is 37.5 Å². The van der Waals surface area contributed by atoms with Crippen LogP contribution < -0.4 is 0 Å². The van der Waals surface area contributed by atoms with Crippen molar-refractivity contribution in [2.75, 3.05) is 6.54 Å². The molecule has 7 heteroatoms. The van der Waals surface area contributed by atoms with E-state index in [-0.39, 0.29) is 24.1 Å². The number of nitriles is 1. The van der Waals surface area contributed by atoms with Gasteiger partial charge in [-0.3, -0.25) is 4.79 Å². The molecule has 0 amide bonds. The van der Waals surface area contributed by atoms with Crippen LogP contribution in [0.2, 0.25) is 0 Å². The zero-order valence-electron chi connectivity index (χ0n) is 19.4. The Labute approximate surface area is 193 Å². The molecule has 33 heavy (non-hydrogen) atoms. The van der Waals surface area contributed by atoms with E-state index in [2.05, 4.69) is 6.07 Å². The summed E-state index contributed by atoms with van der Waals surface area (Å²) in [5.74, 6) is 0.943. The maximum Gasteiger partial charge on any atom is 0.392 e. The van der Waals surface area contributed by atoms with Crippen molar-refractivity contribution in [3.05, 3.63) is 59.0 Å². The number of benzene rings is 1. The van der Waals surface area contributed by atoms with Crippen LogP contribution in [0.4, 0.5) is 13.2 Å². The van der Waals surface area contributed by atoms with Crippen molar-refractivity contribution >= 4 is 6.29 Å². The van der Waals surface area contributed by atoms with Crippen LogP contribution in [-0.4, -0.2) is 35.6 Å². The molecule has 1 saturated carbocycles. The molecule has 0 spiro atoms. The zero-order chi connectivity index (χ0) is 24.2. The zero-order valence-corrected chi connectivity index (χ0v) is 19.4. The smallest absolute Gasteiger partial charge is 0.392 e. The Bertz CT molecular complexity index is 955. The highest BCUT2D eigenvalue weighted by Crippen LogP contribution is 2.41. The lowest BCUT2D eigenvalue weighted by molar-refractivity contribution is -0.129. The minimum Gasteiger partial charge on any atom is -0.465 e. The van der Waals surface area contributed by atoms with Crippen LogP contribution in [0.15, 0.2) is 47.9 Å². The summed E-state index contributed by atoms with van der Waals surface area (Å²) in [6.07, 6.45) is 2.73. The maximum absolute atomic E-state index is 13.1. The predicted molar refractivity (Wildman–Crippen MR) is 120 cm³/mol. The van der Waals surface area contributed by atoms with E-state index in [0.29, 0.717) is 23.7 Å². The molecule has 1 fully saturated rings. The fraction of sp³-hybridized carbons (Fsp3) is 0.538. The Morgan fingerprint density at radius 1 is 1.27 bits per heavy atom. The van der Waals surface area contributed by atoms with Gasteiger partial charge >= 0.3 is 6.18 Å². The van der Waals surface area contributed by atoms with E-state index in [4.69, 9.17) is 4.74 Å². The minimum atomic E-state index is -4.30. The van der Waals surface area contributed by atoms with Crippen LogP contribution in [0.1, 0.15) is 69.9 Å². The number of halogens is 3. The first kappa shape index (κ1) is 24.9. The Hall–Kier alpha value is -2.75. The molecule has 0 N–H and O–H groups in total. The van der Waals surface area contributed by atoms with E-state index >= 15 is 0 Å². The second-order valence-electron chi connectivity index (χ2n) is 9.69. The van der Waals surface area contributed by atoms with Gasteiger partial charge in [0.25, 0.3) is 0 Å². The average molecular weight is 461 g/mol. The summed E-state index contributed by atoms with van der Waals surface area (Å²) in [7, 11) is 0. The Morgan fingerprint density at radius 2 is 2.00 bits per heavy atom.